The highest BCUT2D eigenvalue weighted by molar-refractivity contribution is 5.48. The number of aliphatic hydroxyl groups is 1. The first-order chi connectivity index (χ1) is 9.10. The summed E-state index contributed by atoms with van der Waals surface area (Å²) in [6.07, 6.45) is 0. The molecule has 0 amide bonds. The summed E-state index contributed by atoms with van der Waals surface area (Å²) in [4.78, 5) is 0. The molecule has 0 aliphatic rings. The quantitative estimate of drug-likeness (QED) is 0.792. The molecule has 0 aliphatic carbocycles. The zero-order valence-electron chi connectivity index (χ0n) is 10.6. The maximum Gasteiger partial charge on any atom is 0.126 e. The summed E-state index contributed by atoms with van der Waals surface area (Å²) in [6.45, 7) is 1.89. The van der Waals surface area contributed by atoms with Gasteiger partial charge in [-0.15, -0.1) is 0 Å². The molecule has 0 heterocycles. The standard InChI is InChI=1S/C15H16FNO2/c1-10(14-7-4-12(16)8-15(14)19)17-13-5-2-11(9-18)3-6-13/h2-8,10,17-19H,9H2,1H3. The number of rotatable bonds is 4. The molecule has 19 heavy (non-hydrogen) atoms. The number of nitrogens with one attached hydrogen (secondary N) is 1. The minimum absolute atomic E-state index is 0.00852. The van der Waals surface area contributed by atoms with Gasteiger partial charge in [-0.05, 0) is 30.7 Å². The van der Waals surface area contributed by atoms with Crippen LogP contribution in [0.3, 0.4) is 0 Å². The molecule has 0 spiro atoms. The summed E-state index contributed by atoms with van der Waals surface area (Å²) in [7, 11) is 0. The summed E-state index contributed by atoms with van der Waals surface area (Å²) in [5.41, 5.74) is 2.34. The summed E-state index contributed by atoms with van der Waals surface area (Å²) < 4.78 is 12.9. The van der Waals surface area contributed by atoms with Crippen molar-refractivity contribution in [1.82, 2.24) is 0 Å². The van der Waals surface area contributed by atoms with Gasteiger partial charge in [-0.1, -0.05) is 18.2 Å². The largest absolute Gasteiger partial charge is 0.507 e. The number of anilines is 1. The Morgan fingerprint density at radius 2 is 1.84 bits per heavy atom. The van der Waals surface area contributed by atoms with E-state index in [1.165, 1.54) is 6.07 Å². The Bertz CT molecular complexity index is 555. The number of phenolic OH excluding ortho intramolecular Hbond substituents is 1. The molecule has 0 saturated carbocycles. The molecular weight excluding hydrogens is 245 g/mol. The van der Waals surface area contributed by atoms with E-state index >= 15 is 0 Å². The Morgan fingerprint density at radius 1 is 1.16 bits per heavy atom. The van der Waals surface area contributed by atoms with E-state index in [-0.39, 0.29) is 18.4 Å². The van der Waals surface area contributed by atoms with Crippen molar-refractivity contribution >= 4 is 5.69 Å². The van der Waals surface area contributed by atoms with Crippen LogP contribution >= 0.6 is 0 Å². The van der Waals surface area contributed by atoms with Crippen molar-refractivity contribution in [3.05, 3.63) is 59.4 Å². The van der Waals surface area contributed by atoms with Crippen LogP contribution in [0.15, 0.2) is 42.5 Å². The molecule has 0 aliphatic heterocycles. The first-order valence-electron chi connectivity index (χ1n) is 6.05. The van der Waals surface area contributed by atoms with Gasteiger partial charge in [-0.3, -0.25) is 0 Å². The number of aliphatic hydroxyl groups excluding tert-OH is 1. The van der Waals surface area contributed by atoms with E-state index in [1.54, 1.807) is 6.07 Å². The normalized spacial score (nSPS) is 12.2. The van der Waals surface area contributed by atoms with Crippen LogP contribution in [0.4, 0.5) is 10.1 Å². The SMILES string of the molecule is CC(Nc1ccc(CO)cc1)c1ccc(F)cc1O. The van der Waals surface area contributed by atoms with Gasteiger partial charge in [0.2, 0.25) is 0 Å². The lowest BCUT2D eigenvalue weighted by Crippen LogP contribution is -2.07. The molecule has 0 saturated heterocycles. The number of hydrogen-bond donors (Lipinski definition) is 3. The van der Waals surface area contributed by atoms with Gasteiger partial charge in [0.05, 0.1) is 12.6 Å². The van der Waals surface area contributed by atoms with E-state index in [4.69, 9.17) is 5.11 Å². The van der Waals surface area contributed by atoms with Crippen molar-refractivity contribution in [2.24, 2.45) is 0 Å². The molecule has 4 heteroatoms. The highest BCUT2D eigenvalue weighted by Gasteiger charge is 2.10. The monoisotopic (exact) mass is 261 g/mol. The minimum atomic E-state index is -0.458. The van der Waals surface area contributed by atoms with E-state index in [1.807, 2.05) is 31.2 Å². The van der Waals surface area contributed by atoms with Crippen LogP contribution in [0.2, 0.25) is 0 Å². The fraction of sp³-hybridized carbons (Fsp3) is 0.200. The maximum atomic E-state index is 12.9. The van der Waals surface area contributed by atoms with Gasteiger partial charge in [0.15, 0.2) is 0 Å². The van der Waals surface area contributed by atoms with Crippen LogP contribution in [-0.4, -0.2) is 10.2 Å². The molecule has 1 atom stereocenters. The average molecular weight is 261 g/mol. The molecule has 1 unspecified atom stereocenters. The van der Waals surface area contributed by atoms with E-state index in [2.05, 4.69) is 5.32 Å². The number of aromatic hydroxyl groups is 1. The third-order valence-corrected chi connectivity index (χ3v) is 2.98. The van der Waals surface area contributed by atoms with Gasteiger partial charge in [0, 0.05) is 17.3 Å². The fourth-order valence-corrected chi connectivity index (χ4v) is 1.92. The van der Waals surface area contributed by atoms with Gasteiger partial charge < -0.3 is 15.5 Å². The Labute approximate surface area is 111 Å². The molecule has 2 aromatic carbocycles. The maximum absolute atomic E-state index is 12.9. The lowest BCUT2D eigenvalue weighted by atomic mass is 10.1. The summed E-state index contributed by atoms with van der Waals surface area (Å²) >= 11 is 0. The van der Waals surface area contributed by atoms with Crippen LogP contribution in [0, 0.1) is 5.82 Å². The number of hydrogen-bond acceptors (Lipinski definition) is 3. The van der Waals surface area contributed by atoms with Crippen molar-refractivity contribution in [2.45, 2.75) is 19.6 Å². The van der Waals surface area contributed by atoms with Gasteiger partial charge in [0.25, 0.3) is 0 Å². The zero-order valence-corrected chi connectivity index (χ0v) is 10.6. The van der Waals surface area contributed by atoms with E-state index in [0.717, 1.165) is 17.3 Å². The lowest BCUT2D eigenvalue weighted by Gasteiger charge is -2.17. The Hall–Kier alpha value is -2.07. The summed E-state index contributed by atoms with van der Waals surface area (Å²) in [5.74, 6) is -0.521. The predicted molar refractivity (Wildman–Crippen MR) is 72.5 cm³/mol. The van der Waals surface area contributed by atoms with Crippen molar-refractivity contribution < 1.29 is 14.6 Å². The highest BCUT2D eigenvalue weighted by atomic mass is 19.1. The van der Waals surface area contributed by atoms with Crippen LogP contribution < -0.4 is 5.32 Å². The topological polar surface area (TPSA) is 52.5 Å². The second-order valence-corrected chi connectivity index (χ2v) is 4.42. The summed E-state index contributed by atoms with van der Waals surface area (Å²) in [5, 5.41) is 21.9. The second-order valence-electron chi connectivity index (χ2n) is 4.42. The molecule has 0 fully saturated rings. The van der Waals surface area contributed by atoms with E-state index in [9.17, 15) is 9.50 Å². The minimum Gasteiger partial charge on any atom is -0.507 e. The van der Waals surface area contributed by atoms with Crippen LogP contribution in [0.1, 0.15) is 24.1 Å². The first-order valence-corrected chi connectivity index (χ1v) is 6.05. The van der Waals surface area contributed by atoms with Crippen LogP contribution in [0.25, 0.3) is 0 Å². The van der Waals surface area contributed by atoms with E-state index < -0.39 is 5.82 Å². The lowest BCUT2D eigenvalue weighted by molar-refractivity contribution is 0.282. The molecule has 0 bridgehead atoms. The third kappa shape index (κ3) is 3.23. The number of halogens is 1. The highest BCUT2D eigenvalue weighted by Crippen LogP contribution is 2.27. The van der Waals surface area contributed by atoms with E-state index in [0.29, 0.717) is 5.56 Å². The van der Waals surface area contributed by atoms with Crippen molar-refractivity contribution in [3.63, 3.8) is 0 Å². The molecule has 2 aromatic rings. The van der Waals surface area contributed by atoms with Crippen LogP contribution in [-0.2, 0) is 6.61 Å². The van der Waals surface area contributed by atoms with Gasteiger partial charge in [-0.2, -0.15) is 0 Å². The first kappa shape index (κ1) is 13.4. The smallest absolute Gasteiger partial charge is 0.126 e. The summed E-state index contributed by atoms with van der Waals surface area (Å²) in [6, 6.07) is 11.2. The molecule has 2 rings (SSSR count). The predicted octanol–water partition coefficient (Wildman–Crippen LogP) is 3.20. The Balaban J connectivity index is 2.13. The molecule has 3 N–H and O–H groups in total. The Morgan fingerprint density at radius 3 is 2.42 bits per heavy atom. The van der Waals surface area contributed by atoms with Crippen molar-refractivity contribution in [3.8, 4) is 5.75 Å². The van der Waals surface area contributed by atoms with Gasteiger partial charge >= 0.3 is 0 Å². The van der Waals surface area contributed by atoms with Crippen molar-refractivity contribution in [2.75, 3.05) is 5.32 Å². The van der Waals surface area contributed by atoms with Crippen molar-refractivity contribution in [1.29, 1.82) is 0 Å². The van der Waals surface area contributed by atoms with Gasteiger partial charge in [0.1, 0.15) is 11.6 Å². The van der Waals surface area contributed by atoms with Crippen LogP contribution in [0.5, 0.6) is 5.75 Å². The molecule has 0 radical (unpaired) electrons. The number of phenols is 1. The third-order valence-electron chi connectivity index (χ3n) is 2.98. The second kappa shape index (κ2) is 5.71. The molecule has 0 aromatic heterocycles. The average Bonchev–Trinajstić information content (AvgIpc) is 2.39. The Kier molecular flexibility index (Phi) is 4.02. The molecule has 100 valence electrons. The molecular formula is C15H16FNO2. The van der Waals surface area contributed by atoms with Gasteiger partial charge in [-0.25, -0.2) is 4.39 Å². The fourth-order valence-electron chi connectivity index (χ4n) is 1.92. The molecule has 3 nitrogen and oxygen atoms in total. The zero-order chi connectivity index (χ0) is 13.8. The number of benzene rings is 2.